The molecule has 1 saturated heterocycles. The number of benzene rings is 2. The van der Waals surface area contributed by atoms with Crippen molar-refractivity contribution in [3.05, 3.63) is 83.9 Å². The summed E-state index contributed by atoms with van der Waals surface area (Å²) in [6.45, 7) is 15.3. The number of likely N-dealkylation sites (tertiary alicyclic amines) is 1. The van der Waals surface area contributed by atoms with Gasteiger partial charge in [0.05, 0.1) is 61.9 Å². The zero-order valence-corrected chi connectivity index (χ0v) is 48.9. The molecule has 8 amide bonds. The molecule has 0 radical (unpaired) electrons. The van der Waals surface area contributed by atoms with Crippen LogP contribution in [0.1, 0.15) is 124 Å². The summed E-state index contributed by atoms with van der Waals surface area (Å²) in [7, 11) is 6.63. The molecule has 4 N–H and O–H groups in total. The molecule has 19 heteroatoms. The summed E-state index contributed by atoms with van der Waals surface area (Å²) >= 11 is 0. The van der Waals surface area contributed by atoms with Gasteiger partial charge in [-0.05, 0) is 81.0 Å². The van der Waals surface area contributed by atoms with Crippen LogP contribution in [0.5, 0.6) is 0 Å². The van der Waals surface area contributed by atoms with Crippen LogP contribution in [-0.2, 0) is 65.6 Å². The topological polar surface area (TPSA) is 225 Å². The summed E-state index contributed by atoms with van der Waals surface area (Å²) in [6, 6.07) is 17.1. The van der Waals surface area contributed by atoms with E-state index in [9.17, 15) is 38.4 Å². The highest BCUT2D eigenvalue weighted by Gasteiger charge is 2.43. The van der Waals surface area contributed by atoms with Gasteiger partial charge in [-0.15, -0.1) is 0 Å². The zero-order chi connectivity index (χ0) is 58.2. The van der Waals surface area contributed by atoms with Gasteiger partial charge >= 0.3 is 0 Å². The normalized spacial score (nSPS) is 17.5. The number of unbranched alkanes of at least 4 members (excludes halogenated alkanes) is 2. The van der Waals surface area contributed by atoms with Gasteiger partial charge in [0, 0.05) is 59.4 Å². The molecular weight excluding hydrogens is 1010 g/mol. The molecule has 4 rings (SSSR count). The van der Waals surface area contributed by atoms with Crippen LogP contribution in [0.3, 0.4) is 0 Å². The van der Waals surface area contributed by atoms with Gasteiger partial charge in [-0.1, -0.05) is 122 Å². The Labute approximate surface area is 469 Å². The van der Waals surface area contributed by atoms with E-state index in [-0.39, 0.29) is 103 Å². The second-order valence-electron chi connectivity index (χ2n) is 22.1. The van der Waals surface area contributed by atoms with Crippen molar-refractivity contribution < 1.29 is 52.6 Å². The molecule has 1 fully saturated rings. The number of methoxy groups -OCH3 is 2. The number of imide groups is 1. The second kappa shape index (κ2) is 33.5. The van der Waals surface area contributed by atoms with E-state index in [0.29, 0.717) is 71.2 Å². The zero-order valence-electron chi connectivity index (χ0n) is 48.9. The maximum atomic E-state index is 14.7. The number of carbonyl (C=O) groups is 8. The molecule has 0 spiro atoms. The van der Waals surface area contributed by atoms with Crippen LogP contribution < -0.4 is 21.5 Å². The first-order chi connectivity index (χ1) is 37.7. The van der Waals surface area contributed by atoms with Crippen LogP contribution in [0.15, 0.2) is 72.8 Å². The van der Waals surface area contributed by atoms with Gasteiger partial charge in [-0.25, -0.2) is 0 Å². The molecule has 0 bridgehead atoms. The first-order valence-electron chi connectivity index (χ1n) is 28.4. The van der Waals surface area contributed by atoms with Crippen molar-refractivity contribution in [3.8, 4) is 0 Å². The van der Waals surface area contributed by atoms with Crippen LogP contribution in [-0.4, -0.2) is 164 Å². The molecule has 0 saturated carbocycles. The Balaban J connectivity index is 1.33. The van der Waals surface area contributed by atoms with Crippen molar-refractivity contribution in [3.63, 3.8) is 0 Å². The fourth-order valence-corrected chi connectivity index (χ4v) is 10.8. The monoisotopic (exact) mass is 1100 g/mol. The standard InChI is InChI=1S/C60H92N8O11/c1-12-42(6)56(48(77-10)37-53(73)67-35-22-28-47(67)57(78-11)43(7)58(74)61-46(36-44-24-16-13-17-25-44)39-79-38-45-26-18-14-19-27-45)66(9)60(76)54(40(2)3)62-59(75)55(41(4)5)65(8)33-23-30-50(70)64-63-49(69)29-20-15-21-34-68-51(71)31-32-52(68)72/h13-14,16-19,24-27,31-32,40-43,46-48,54-57H,12,15,20-23,28-30,33-39H2,1-11H3,(H,61,74)(H,62,75)(H,63,69)(H,64,70)/t42-,43+,46+,47-,48+,54-,55-,56-,57+/m0/s1. The first kappa shape index (κ1) is 65.5. The number of hydrogen-bond acceptors (Lipinski definition) is 12. The molecule has 2 aliphatic heterocycles. The fourth-order valence-electron chi connectivity index (χ4n) is 10.8. The summed E-state index contributed by atoms with van der Waals surface area (Å²) in [5.74, 6) is -3.58. The number of ether oxygens (including phenoxy) is 3. The lowest BCUT2D eigenvalue weighted by molar-refractivity contribution is -0.148. The molecule has 0 aromatic heterocycles. The molecule has 2 aromatic carbocycles. The van der Waals surface area contributed by atoms with Gasteiger partial charge in [-0.2, -0.15) is 0 Å². The Hall–Kier alpha value is -6.02. The van der Waals surface area contributed by atoms with Crippen LogP contribution in [0, 0.1) is 23.7 Å². The first-order valence-corrected chi connectivity index (χ1v) is 28.4. The highest BCUT2D eigenvalue weighted by atomic mass is 16.5. The van der Waals surface area contributed by atoms with E-state index in [1.165, 1.54) is 12.2 Å². The van der Waals surface area contributed by atoms with Gasteiger partial charge in [0.1, 0.15) is 6.04 Å². The van der Waals surface area contributed by atoms with Crippen molar-refractivity contribution in [1.29, 1.82) is 0 Å². The number of amides is 8. The molecule has 2 heterocycles. The molecule has 0 aliphatic carbocycles. The van der Waals surface area contributed by atoms with Crippen LogP contribution >= 0.6 is 0 Å². The van der Waals surface area contributed by atoms with Crippen molar-refractivity contribution in [2.75, 3.05) is 54.6 Å². The summed E-state index contributed by atoms with van der Waals surface area (Å²) in [5, 5.41) is 6.31. The Morgan fingerprint density at radius 1 is 0.734 bits per heavy atom. The number of likely N-dealkylation sites (N-methyl/N-ethyl adjacent to an activating group) is 2. The molecular formula is C60H92N8O11. The van der Waals surface area contributed by atoms with Crippen molar-refractivity contribution >= 4 is 47.3 Å². The predicted molar refractivity (Wildman–Crippen MR) is 302 cm³/mol. The quantitative estimate of drug-likeness (QED) is 0.0395. The third kappa shape index (κ3) is 20.2. The predicted octanol–water partition coefficient (Wildman–Crippen LogP) is 5.36. The fraction of sp³-hybridized carbons (Fsp3) is 0.633. The summed E-state index contributed by atoms with van der Waals surface area (Å²) < 4.78 is 18.3. The number of nitrogens with zero attached hydrogens (tertiary/aromatic N) is 4. The van der Waals surface area contributed by atoms with Crippen LogP contribution in [0.25, 0.3) is 0 Å². The molecule has 0 unspecified atom stereocenters. The molecule has 9 atom stereocenters. The Kier molecular flexibility index (Phi) is 27.8. The Morgan fingerprint density at radius 3 is 1.91 bits per heavy atom. The van der Waals surface area contributed by atoms with Gasteiger partial charge < -0.3 is 34.6 Å². The molecule has 79 heavy (non-hydrogen) atoms. The van der Waals surface area contributed by atoms with E-state index >= 15 is 0 Å². The lowest BCUT2D eigenvalue weighted by atomic mass is 9.89. The third-order valence-corrected chi connectivity index (χ3v) is 15.4. The SMILES string of the molecule is CC[C@H](C)[C@@H]([C@@H](CC(=O)N1CCC[C@H]1[C@H](OC)[C@@H](C)C(=O)N[C@@H](COCc1ccccc1)Cc1ccccc1)OC)N(C)C(=O)[C@@H](NC(=O)[C@H](C(C)C)N(C)CCCC(=O)NNC(=O)CCCCCN1C(=O)C=CC1=O)C(C)C. The number of carbonyl (C=O) groups excluding carboxylic acids is 8. The van der Waals surface area contributed by atoms with E-state index in [0.717, 1.165) is 22.4 Å². The van der Waals surface area contributed by atoms with Crippen molar-refractivity contribution in [2.24, 2.45) is 23.7 Å². The lowest BCUT2D eigenvalue weighted by Gasteiger charge is -2.41. The van der Waals surface area contributed by atoms with Gasteiger partial charge in [0.15, 0.2) is 0 Å². The van der Waals surface area contributed by atoms with E-state index in [1.807, 2.05) is 119 Å². The van der Waals surface area contributed by atoms with Crippen LogP contribution in [0.4, 0.5) is 0 Å². The van der Waals surface area contributed by atoms with Crippen molar-refractivity contribution in [2.45, 2.75) is 168 Å². The highest BCUT2D eigenvalue weighted by Crippen LogP contribution is 2.30. The maximum absolute atomic E-state index is 14.7. The highest BCUT2D eigenvalue weighted by molar-refractivity contribution is 6.12. The molecule has 438 valence electrons. The van der Waals surface area contributed by atoms with E-state index < -0.39 is 36.3 Å². The van der Waals surface area contributed by atoms with E-state index in [4.69, 9.17) is 14.2 Å². The minimum atomic E-state index is -0.905. The average molecular weight is 1100 g/mol. The minimum Gasteiger partial charge on any atom is -0.379 e. The largest absolute Gasteiger partial charge is 0.379 e. The molecule has 2 aliphatic rings. The van der Waals surface area contributed by atoms with Gasteiger partial charge in [-0.3, -0.25) is 59.0 Å². The smallest absolute Gasteiger partial charge is 0.253 e. The number of nitrogens with one attached hydrogen (secondary N) is 4. The van der Waals surface area contributed by atoms with E-state index in [1.54, 1.807) is 33.2 Å². The number of rotatable bonds is 34. The number of hydrazine groups is 1. The summed E-state index contributed by atoms with van der Waals surface area (Å²) in [5.41, 5.74) is 6.98. The van der Waals surface area contributed by atoms with Crippen LogP contribution in [0.2, 0.25) is 0 Å². The minimum absolute atomic E-state index is 0.0229. The summed E-state index contributed by atoms with van der Waals surface area (Å²) in [6.07, 6.45) is 6.14. The Morgan fingerprint density at radius 2 is 1.34 bits per heavy atom. The molecule has 19 nitrogen and oxygen atoms in total. The molecule has 2 aromatic rings. The number of hydrogen-bond donors (Lipinski definition) is 4. The third-order valence-electron chi connectivity index (χ3n) is 15.4. The van der Waals surface area contributed by atoms with E-state index in [2.05, 4.69) is 21.5 Å². The lowest BCUT2D eigenvalue weighted by Crippen LogP contribution is -2.60. The Bertz CT molecular complexity index is 2280. The maximum Gasteiger partial charge on any atom is 0.253 e. The second-order valence-corrected chi connectivity index (χ2v) is 22.1. The van der Waals surface area contributed by atoms with Gasteiger partial charge in [0.25, 0.3) is 11.8 Å². The van der Waals surface area contributed by atoms with Crippen molar-refractivity contribution in [1.82, 2.24) is 41.1 Å². The average Bonchev–Trinajstić information content (AvgIpc) is 4.10. The van der Waals surface area contributed by atoms with Gasteiger partial charge in [0.2, 0.25) is 35.4 Å². The summed E-state index contributed by atoms with van der Waals surface area (Å²) in [4.78, 5) is 113.